The standard InChI is InChI=1S/C28H29ClN2O4/c1-18(25(32)14-19-6-8-20(9-7-19)27(33)35-28(2,3)4)31-13-12-23(26(17-31)34-5)24-15-22(29)11-10-21(24)16-30/h6-12,15,17-18H,13-14H2,1-5H3. The fraction of sp³-hybridized carbons (Fsp3) is 0.321. The molecular weight excluding hydrogens is 464 g/mol. The fourth-order valence-electron chi connectivity index (χ4n) is 3.71. The van der Waals surface area contributed by atoms with Crippen molar-refractivity contribution >= 4 is 28.9 Å². The number of ether oxygens (including phenoxy) is 2. The van der Waals surface area contributed by atoms with Crippen molar-refractivity contribution in [3.05, 3.63) is 87.8 Å². The van der Waals surface area contributed by atoms with Crippen LogP contribution in [0.5, 0.6) is 0 Å². The Morgan fingerprint density at radius 2 is 1.86 bits per heavy atom. The van der Waals surface area contributed by atoms with E-state index in [9.17, 15) is 14.9 Å². The molecule has 1 unspecified atom stereocenters. The molecule has 2 aromatic carbocycles. The van der Waals surface area contributed by atoms with Gasteiger partial charge in [-0.15, -0.1) is 0 Å². The largest absolute Gasteiger partial charge is 0.495 e. The first-order chi connectivity index (χ1) is 16.5. The third-order valence-electron chi connectivity index (χ3n) is 5.60. The normalized spacial score (nSPS) is 14.4. The number of allylic oxidation sites excluding steroid dienone is 1. The molecule has 0 radical (unpaired) electrons. The number of benzene rings is 2. The molecule has 1 aliphatic rings. The summed E-state index contributed by atoms with van der Waals surface area (Å²) in [6.45, 7) is 7.78. The Morgan fingerprint density at radius 1 is 1.17 bits per heavy atom. The number of hydrogen-bond donors (Lipinski definition) is 0. The first-order valence-electron chi connectivity index (χ1n) is 11.3. The Balaban J connectivity index is 1.70. The quantitative estimate of drug-likeness (QED) is 0.471. The highest BCUT2D eigenvalue weighted by Crippen LogP contribution is 2.32. The van der Waals surface area contributed by atoms with Crippen molar-refractivity contribution in [2.45, 2.75) is 45.8 Å². The molecule has 0 saturated heterocycles. The fourth-order valence-corrected chi connectivity index (χ4v) is 3.88. The van der Waals surface area contributed by atoms with E-state index in [1.54, 1.807) is 55.8 Å². The van der Waals surface area contributed by atoms with Crippen LogP contribution >= 0.6 is 11.6 Å². The molecule has 0 spiro atoms. The lowest BCUT2D eigenvalue weighted by Crippen LogP contribution is -2.38. The van der Waals surface area contributed by atoms with Gasteiger partial charge in [-0.3, -0.25) is 4.79 Å². The summed E-state index contributed by atoms with van der Waals surface area (Å²) in [4.78, 5) is 27.1. The number of hydrogen-bond acceptors (Lipinski definition) is 6. The zero-order chi connectivity index (χ0) is 25.8. The van der Waals surface area contributed by atoms with Crippen molar-refractivity contribution < 1.29 is 19.1 Å². The molecule has 0 fully saturated rings. The average molecular weight is 493 g/mol. The number of nitriles is 1. The molecule has 1 heterocycles. The van der Waals surface area contributed by atoms with Crippen LogP contribution in [-0.4, -0.2) is 41.9 Å². The molecule has 6 nitrogen and oxygen atoms in total. The molecule has 1 aliphatic heterocycles. The lowest BCUT2D eigenvalue weighted by molar-refractivity contribution is -0.122. The van der Waals surface area contributed by atoms with Gasteiger partial charge in [0.1, 0.15) is 11.4 Å². The van der Waals surface area contributed by atoms with Gasteiger partial charge >= 0.3 is 5.97 Å². The Bertz CT molecular complexity index is 1220. The molecule has 0 bridgehead atoms. The van der Waals surface area contributed by atoms with E-state index in [1.807, 2.05) is 38.7 Å². The third-order valence-corrected chi connectivity index (χ3v) is 5.83. The molecule has 0 aromatic heterocycles. The number of Topliss-reactive ketones (excluding diaryl/α,β-unsaturated/α-hetero) is 1. The van der Waals surface area contributed by atoms with Crippen molar-refractivity contribution in [3.63, 3.8) is 0 Å². The van der Waals surface area contributed by atoms with Gasteiger partial charge in [0.05, 0.1) is 30.3 Å². The van der Waals surface area contributed by atoms with E-state index in [0.717, 1.165) is 11.1 Å². The van der Waals surface area contributed by atoms with Crippen LogP contribution in [0.1, 0.15) is 54.7 Å². The number of ketones is 1. The van der Waals surface area contributed by atoms with Gasteiger partial charge in [-0.25, -0.2) is 4.79 Å². The molecule has 3 rings (SSSR count). The highest BCUT2D eigenvalue weighted by Gasteiger charge is 2.25. The molecule has 0 N–H and O–H groups in total. The molecule has 2 aromatic rings. The number of esters is 1. The van der Waals surface area contributed by atoms with Crippen LogP contribution in [0.2, 0.25) is 5.02 Å². The Morgan fingerprint density at radius 3 is 2.46 bits per heavy atom. The van der Waals surface area contributed by atoms with Crippen LogP contribution in [0.3, 0.4) is 0 Å². The van der Waals surface area contributed by atoms with Gasteiger partial charge in [0.25, 0.3) is 0 Å². The van der Waals surface area contributed by atoms with Crippen molar-refractivity contribution in [2.24, 2.45) is 0 Å². The first kappa shape index (κ1) is 26.1. The SMILES string of the molecule is COC1=CN(C(C)C(=O)Cc2ccc(C(=O)OC(C)(C)C)cc2)CC=C1c1cc(Cl)ccc1C#N. The summed E-state index contributed by atoms with van der Waals surface area (Å²) in [6.07, 6.45) is 3.96. The maximum Gasteiger partial charge on any atom is 0.338 e. The second-order valence-corrected chi connectivity index (χ2v) is 9.77. The van der Waals surface area contributed by atoms with Crippen molar-refractivity contribution in [1.29, 1.82) is 5.26 Å². The summed E-state index contributed by atoms with van der Waals surface area (Å²) in [5.74, 6) is 0.187. The Labute approximate surface area is 211 Å². The highest BCUT2D eigenvalue weighted by atomic mass is 35.5. The second kappa shape index (κ2) is 10.8. The number of halogens is 1. The smallest absolute Gasteiger partial charge is 0.338 e. The summed E-state index contributed by atoms with van der Waals surface area (Å²) in [5, 5.41) is 10.0. The number of rotatable bonds is 7. The van der Waals surface area contributed by atoms with E-state index in [2.05, 4.69) is 6.07 Å². The number of nitrogens with zero attached hydrogens (tertiary/aromatic N) is 2. The van der Waals surface area contributed by atoms with Gasteiger partial charge in [0.15, 0.2) is 5.78 Å². The van der Waals surface area contributed by atoms with Gasteiger partial charge in [-0.2, -0.15) is 5.26 Å². The minimum absolute atomic E-state index is 0.0269. The maximum absolute atomic E-state index is 13.0. The van der Waals surface area contributed by atoms with Gasteiger partial charge in [-0.05, 0) is 63.6 Å². The van der Waals surface area contributed by atoms with Crippen LogP contribution < -0.4 is 0 Å². The zero-order valence-electron chi connectivity index (χ0n) is 20.6. The maximum atomic E-state index is 13.0. The lowest BCUT2D eigenvalue weighted by atomic mass is 9.96. The highest BCUT2D eigenvalue weighted by molar-refractivity contribution is 6.30. The van der Waals surface area contributed by atoms with Gasteiger partial charge in [0, 0.05) is 35.3 Å². The number of carbonyl (C=O) groups is 2. The predicted molar refractivity (Wildman–Crippen MR) is 136 cm³/mol. The molecule has 0 amide bonds. The lowest BCUT2D eigenvalue weighted by Gasteiger charge is -2.30. The van der Waals surface area contributed by atoms with Crippen LogP contribution in [0.4, 0.5) is 0 Å². The average Bonchev–Trinajstić information content (AvgIpc) is 2.82. The van der Waals surface area contributed by atoms with Crippen LogP contribution in [0, 0.1) is 11.3 Å². The molecule has 0 aliphatic carbocycles. The van der Waals surface area contributed by atoms with Gasteiger partial charge in [0.2, 0.25) is 0 Å². The first-order valence-corrected chi connectivity index (χ1v) is 11.7. The van der Waals surface area contributed by atoms with Crippen LogP contribution in [-0.2, 0) is 20.7 Å². The summed E-state index contributed by atoms with van der Waals surface area (Å²) in [6, 6.07) is 13.8. The molecule has 182 valence electrons. The van der Waals surface area contributed by atoms with Crippen molar-refractivity contribution in [3.8, 4) is 6.07 Å². The van der Waals surface area contributed by atoms with E-state index in [1.165, 1.54) is 0 Å². The van der Waals surface area contributed by atoms with Crippen molar-refractivity contribution in [2.75, 3.05) is 13.7 Å². The molecular formula is C28H29ClN2O4. The number of methoxy groups -OCH3 is 1. The van der Waals surface area contributed by atoms with E-state index < -0.39 is 17.6 Å². The number of carbonyl (C=O) groups excluding carboxylic acids is 2. The van der Waals surface area contributed by atoms with E-state index in [4.69, 9.17) is 21.1 Å². The topological polar surface area (TPSA) is 79.6 Å². The summed E-state index contributed by atoms with van der Waals surface area (Å²) < 4.78 is 11.0. The van der Waals surface area contributed by atoms with E-state index in [-0.39, 0.29) is 12.2 Å². The zero-order valence-corrected chi connectivity index (χ0v) is 21.3. The van der Waals surface area contributed by atoms with Gasteiger partial charge in [-0.1, -0.05) is 29.8 Å². The molecule has 1 atom stereocenters. The van der Waals surface area contributed by atoms with E-state index in [0.29, 0.717) is 34.0 Å². The third kappa shape index (κ3) is 6.52. The van der Waals surface area contributed by atoms with Crippen molar-refractivity contribution in [1.82, 2.24) is 4.90 Å². The minimum atomic E-state index is -0.568. The minimum Gasteiger partial charge on any atom is -0.495 e. The monoisotopic (exact) mass is 492 g/mol. The van der Waals surface area contributed by atoms with Crippen LogP contribution in [0.15, 0.2) is 60.5 Å². The molecule has 7 heteroatoms. The second-order valence-electron chi connectivity index (χ2n) is 9.33. The molecule has 35 heavy (non-hydrogen) atoms. The molecule has 0 saturated carbocycles. The summed E-state index contributed by atoms with van der Waals surface area (Å²) in [7, 11) is 1.55. The Kier molecular flexibility index (Phi) is 8.03. The predicted octanol–water partition coefficient (Wildman–Crippen LogP) is 5.55. The van der Waals surface area contributed by atoms with Crippen LogP contribution in [0.25, 0.3) is 5.57 Å². The van der Waals surface area contributed by atoms with Gasteiger partial charge < -0.3 is 14.4 Å². The summed E-state index contributed by atoms with van der Waals surface area (Å²) in [5.41, 5.74) is 2.65. The summed E-state index contributed by atoms with van der Waals surface area (Å²) >= 11 is 6.16. The van der Waals surface area contributed by atoms with E-state index >= 15 is 0 Å². The Hall–Kier alpha value is -3.56.